The van der Waals surface area contributed by atoms with Crippen molar-refractivity contribution in [3.63, 3.8) is 0 Å². The quantitative estimate of drug-likeness (QED) is 0.387. The molecule has 1 atom stereocenters. The molecule has 2 aromatic carbocycles. The van der Waals surface area contributed by atoms with Gasteiger partial charge in [0.15, 0.2) is 0 Å². The van der Waals surface area contributed by atoms with Crippen molar-refractivity contribution >= 4 is 23.4 Å². The summed E-state index contributed by atoms with van der Waals surface area (Å²) < 4.78 is 19.0. The van der Waals surface area contributed by atoms with Crippen molar-refractivity contribution in [1.82, 2.24) is 4.90 Å². The van der Waals surface area contributed by atoms with Gasteiger partial charge in [0.2, 0.25) is 0 Å². The number of halogens is 1. The van der Waals surface area contributed by atoms with Crippen LogP contribution in [-0.4, -0.2) is 41.3 Å². The summed E-state index contributed by atoms with van der Waals surface area (Å²) in [5, 5.41) is 10.7. The number of hydrogen-bond donors (Lipinski definition) is 1. The van der Waals surface area contributed by atoms with E-state index in [4.69, 9.17) is 0 Å². The van der Waals surface area contributed by atoms with Crippen LogP contribution in [-0.2, 0) is 19.1 Å². The highest BCUT2D eigenvalue weighted by atomic mass is 19.1. The van der Waals surface area contributed by atoms with Crippen molar-refractivity contribution in [1.29, 1.82) is 0 Å². The highest BCUT2D eigenvalue weighted by Crippen LogP contribution is 2.40. The molecule has 3 rings (SSSR count). The van der Waals surface area contributed by atoms with E-state index in [-0.39, 0.29) is 11.1 Å². The number of methoxy groups -OCH3 is 1. The van der Waals surface area contributed by atoms with Gasteiger partial charge in [-0.3, -0.25) is 14.4 Å². The van der Waals surface area contributed by atoms with Gasteiger partial charge in [-0.05, 0) is 6.07 Å². The molecule has 6 nitrogen and oxygen atoms in total. The van der Waals surface area contributed by atoms with Crippen molar-refractivity contribution in [2.24, 2.45) is 0 Å². The summed E-state index contributed by atoms with van der Waals surface area (Å²) in [7, 11) is 1.14. The van der Waals surface area contributed by atoms with Crippen molar-refractivity contribution in [3.8, 4) is 0 Å². The summed E-state index contributed by atoms with van der Waals surface area (Å²) in [5.74, 6) is -3.87. The molecule has 1 amide bonds. The summed E-state index contributed by atoms with van der Waals surface area (Å²) in [5.41, 5.74) is 0.0215. The molecule has 7 heteroatoms. The van der Waals surface area contributed by atoms with Crippen LogP contribution in [0.1, 0.15) is 17.2 Å². The van der Waals surface area contributed by atoms with Crippen LogP contribution in [0.4, 0.5) is 4.39 Å². The maximum absolute atomic E-state index is 14.5. The monoisotopic (exact) mass is 369 g/mol. The van der Waals surface area contributed by atoms with Gasteiger partial charge in [0.05, 0.1) is 18.7 Å². The van der Waals surface area contributed by atoms with Gasteiger partial charge in [-0.25, -0.2) is 4.39 Å². The van der Waals surface area contributed by atoms with Crippen LogP contribution in [0.15, 0.2) is 60.2 Å². The zero-order valence-corrected chi connectivity index (χ0v) is 14.4. The van der Waals surface area contributed by atoms with Crippen LogP contribution in [0, 0.1) is 5.82 Å². The first-order chi connectivity index (χ1) is 13.0. The fourth-order valence-corrected chi connectivity index (χ4v) is 3.02. The van der Waals surface area contributed by atoms with Crippen LogP contribution in [0.2, 0.25) is 0 Å². The molecule has 1 N–H and O–H groups in total. The second-order valence-corrected chi connectivity index (χ2v) is 5.89. The maximum Gasteiger partial charge on any atom is 0.325 e. The third-order valence-corrected chi connectivity index (χ3v) is 4.31. The second-order valence-electron chi connectivity index (χ2n) is 5.89. The Morgan fingerprint density at radius 3 is 2.37 bits per heavy atom. The van der Waals surface area contributed by atoms with Crippen LogP contribution < -0.4 is 0 Å². The SMILES string of the molecule is COC(=O)CN1C(=O)C(=O)C(=C(O)c2ccccc2)[C@@H]1c1ccccc1F. The van der Waals surface area contributed by atoms with E-state index in [0.717, 1.165) is 12.0 Å². The van der Waals surface area contributed by atoms with E-state index < -0.39 is 41.8 Å². The first kappa shape index (κ1) is 18.3. The molecule has 27 heavy (non-hydrogen) atoms. The van der Waals surface area contributed by atoms with Gasteiger partial charge >= 0.3 is 5.97 Å². The van der Waals surface area contributed by atoms with E-state index in [0.29, 0.717) is 5.56 Å². The molecule has 0 aromatic heterocycles. The van der Waals surface area contributed by atoms with E-state index in [2.05, 4.69) is 4.74 Å². The number of benzene rings is 2. The maximum atomic E-state index is 14.5. The zero-order chi connectivity index (χ0) is 19.6. The molecule has 1 aliphatic heterocycles. The molecule has 0 unspecified atom stereocenters. The van der Waals surface area contributed by atoms with E-state index >= 15 is 0 Å². The summed E-state index contributed by atoms with van der Waals surface area (Å²) in [4.78, 5) is 37.7. The number of esters is 1. The average molecular weight is 369 g/mol. The van der Waals surface area contributed by atoms with Crippen molar-refractivity contribution in [2.75, 3.05) is 13.7 Å². The van der Waals surface area contributed by atoms with Gasteiger partial charge in [0, 0.05) is 11.1 Å². The number of likely N-dealkylation sites (tertiary alicyclic amines) is 1. The van der Waals surface area contributed by atoms with Crippen molar-refractivity contribution in [3.05, 3.63) is 77.1 Å². The molecule has 0 bridgehead atoms. The third-order valence-electron chi connectivity index (χ3n) is 4.31. The van der Waals surface area contributed by atoms with E-state index in [9.17, 15) is 23.9 Å². The lowest BCUT2D eigenvalue weighted by molar-refractivity contribution is -0.148. The molecule has 138 valence electrons. The lowest BCUT2D eigenvalue weighted by Gasteiger charge is -2.24. The standard InChI is InChI=1S/C20H16FNO5/c1-27-15(23)11-22-17(13-9-5-6-10-14(13)21)16(19(25)20(22)26)18(24)12-7-3-2-4-8-12/h2-10,17,24H,11H2,1H3/t17-/m0/s1. The largest absolute Gasteiger partial charge is 0.507 e. The Morgan fingerprint density at radius 1 is 1.11 bits per heavy atom. The predicted molar refractivity (Wildman–Crippen MR) is 93.9 cm³/mol. The zero-order valence-electron chi connectivity index (χ0n) is 14.4. The number of rotatable bonds is 4. The Balaban J connectivity index is 2.21. The molecular weight excluding hydrogens is 353 g/mol. The second kappa shape index (κ2) is 7.41. The average Bonchev–Trinajstić information content (AvgIpc) is 2.93. The topological polar surface area (TPSA) is 83.9 Å². The number of ketones is 1. The number of carbonyl (C=O) groups excluding carboxylic acids is 3. The number of Topliss-reactive ketones (excluding diaryl/α,β-unsaturated/α-hetero) is 1. The number of amides is 1. The summed E-state index contributed by atoms with van der Waals surface area (Å²) in [6.45, 7) is -0.550. The molecule has 1 aliphatic rings. The molecule has 0 aliphatic carbocycles. The molecule has 1 saturated heterocycles. The van der Waals surface area contributed by atoms with E-state index in [1.54, 1.807) is 36.4 Å². The number of aliphatic hydroxyl groups is 1. The smallest absolute Gasteiger partial charge is 0.325 e. The molecular formula is C20H16FNO5. The Morgan fingerprint density at radius 2 is 1.74 bits per heavy atom. The molecule has 1 heterocycles. The molecule has 2 aromatic rings. The lowest BCUT2D eigenvalue weighted by atomic mass is 9.95. The lowest BCUT2D eigenvalue weighted by Crippen LogP contribution is -2.35. The van der Waals surface area contributed by atoms with Gasteiger partial charge in [-0.15, -0.1) is 0 Å². The van der Waals surface area contributed by atoms with Crippen LogP contribution in [0.25, 0.3) is 5.76 Å². The minimum atomic E-state index is -1.24. The minimum absolute atomic E-state index is 0.00177. The number of ether oxygens (including phenoxy) is 1. The highest BCUT2D eigenvalue weighted by Gasteiger charge is 2.47. The third kappa shape index (κ3) is 3.31. The Kier molecular flexibility index (Phi) is 5.03. The van der Waals surface area contributed by atoms with E-state index in [1.165, 1.54) is 18.2 Å². The number of aliphatic hydroxyl groups excluding tert-OH is 1. The van der Waals surface area contributed by atoms with Gasteiger partial charge in [-0.2, -0.15) is 0 Å². The Bertz CT molecular complexity index is 938. The first-order valence-corrected chi connectivity index (χ1v) is 8.10. The van der Waals surface area contributed by atoms with Gasteiger partial charge in [-0.1, -0.05) is 48.5 Å². The molecule has 0 radical (unpaired) electrons. The fourth-order valence-electron chi connectivity index (χ4n) is 3.02. The number of hydrogen-bond acceptors (Lipinski definition) is 5. The summed E-state index contributed by atoms with van der Waals surface area (Å²) in [6, 6.07) is 12.5. The minimum Gasteiger partial charge on any atom is -0.507 e. The van der Waals surface area contributed by atoms with E-state index in [1.807, 2.05) is 0 Å². The van der Waals surface area contributed by atoms with Gasteiger partial charge < -0.3 is 14.7 Å². The van der Waals surface area contributed by atoms with Crippen LogP contribution in [0.5, 0.6) is 0 Å². The predicted octanol–water partition coefficient (Wildman–Crippen LogP) is 2.42. The summed E-state index contributed by atoms with van der Waals surface area (Å²) >= 11 is 0. The Hall–Kier alpha value is -3.48. The molecule has 0 saturated carbocycles. The first-order valence-electron chi connectivity index (χ1n) is 8.10. The number of carbonyl (C=O) groups is 3. The Labute approximate surface area is 154 Å². The summed E-state index contributed by atoms with van der Waals surface area (Å²) in [6.07, 6.45) is 0. The highest BCUT2D eigenvalue weighted by molar-refractivity contribution is 6.46. The molecule has 0 spiro atoms. The van der Waals surface area contributed by atoms with Gasteiger partial charge in [0.1, 0.15) is 18.1 Å². The normalized spacial score (nSPS) is 18.6. The van der Waals surface area contributed by atoms with Crippen LogP contribution in [0.3, 0.4) is 0 Å². The fraction of sp³-hybridized carbons (Fsp3) is 0.150. The number of nitrogens with zero attached hydrogens (tertiary/aromatic N) is 1. The van der Waals surface area contributed by atoms with Crippen molar-refractivity contribution in [2.45, 2.75) is 6.04 Å². The van der Waals surface area contributed by atoms with Crippen molar-refractivity contribution < 1.29 is 28.6 Å². The van der Waals surface area contributed by atoms with Gasteiger partial charge in [0.25, 0.3) is 11.7 Å². The molecule has 1 fully saturated rings. The van der Waals surface area contributed by atoms with Crippen LogP contribution >= 0.6 is 0 Å².